The van der Waals surface area contributed by atoms with Gasteiger partial charge in [-0.1, -0.05) is 24.3 Å². The van der Waals surface area contributed by atoms with Gasteiger partial charge < -0.3 is 14.4 Å². The molecule has 1 aliphatic rings. The zero-order valence-electron chi connectivity index (χ0n) is 14.6. The Morgan fingerprint density at radius 2 is 1.88 bits per heavy atom. The van der Waals surface area contributed by atoms with Gasteiger partial charge in [0.15, 0.2) is 6.61 Å². The molecule has 0 saturated carbocycles. The van der Waals surface area contributed by atoms with E-state index >= 15 is 0 Å². The van der Waals surface area contributed by atoms with E-state index in [4.69, 9.17) is 9.47 Å². The lowest BCUT2D eigenvalue weighted by Crippen LogP contribution is -2.50. The number of carbonyl (C=O) groups excluding carboxylic acids is 3. The fraction of sp³-hybridized carbons (Fsp3) is 0.316. The molecule has 0 unspecified atom stereocenters. The van der Waals surface area contributed by atoms with Crippen molar-refractivity contribution < 1.29 is 23.9 Å². The van der Waals surface area contributed by atoms with Gasteiger partial charge in [0.25, 0.3) is 5.91 Å². The minimum absolute atomic E-state index is 0.282. The summed E-state index contributed by atoms with van der Waals surface area (Å²) in [6, 6.07) is 10.4. The maximum atomic E-state index is 12.6. The number of fused-ring (bicyclic) bond motifs is 1. The first-order valence-electron chi connectivity index (χ1n) is 8.17. The number of hydrogen-bond donors (Lipinski definition) is 0. The normalized spacial score (nSPS) is 15.9. The van der Waals surface area contributed by atoms with E-state index in [9.17, 15) is 14.4 Å². The molecule has 6 nitrogen and oxygen atoms in total. The minimum atomic E-state index is -0.718. The number of nitrogens with zero attached hydrogens (tertiary/aromatic N) is 1. The lowest BCUT2D eigenvalue weighted by atomic mass is 9.94. The number of hydrogen-bond acceptors (Lipinski definition) is 6. The first-order valence-corrected chi connectivity index (χ1v) is 8.99. The highest BCUT2D eigenvalue weighted by Gasteiger charge is 2.35. The molecule has 3 rings (SSSR count). The SMILES string of the molecule is COC(=O)[C@@H]1Cc2ccccc2CN1C(=O)COC(=O)c1ccc(C)s1. The molecule has 1 aromatic carbocycles. The van der Waals surface area contributed by atoms with E-state index in [1.165, 1.54) is 23.3 Å². The van der Waals surface area contributed by atoms with E-state index in [0.717, 1.165) is 16.0 Å². The quantitative estimate of drug-likeness (QED) is 0.769. The molecule has 2 aromatic rings. The van der Waals surface area contributed by atoms with E-state index in [0.29, 0.717) is 11.3 Å². The highest BCUT2D eigenvalue weighted by molar-refractivity contribution is 7.13. The average Bonchev–Trinajstić information content (AvgIpc) is 3.10. The van der Waals surface area contributed by atoms with Crippen molar-refractivity contribution in [1.82, 2.24) is 4.90 Å². The molecule has 136 valence electrons. The maximum absolute atomic E-state index is 12.6. The Morgan fingerprint density at radius 3 is 2.54 bits per heavy atom. The Bertz CT molecular complexity index is 844. The Morgan fingerprint density at radius 1 is 1.15 bits per heavy atom. The van der Waals surface area contributed by atoms with Crippen molar-refractivity contribution >= 4 is 29.2 Å². The van der Waals surface area contributed by atoms with Gasteiger partial charge in [-0.15, -0.1) is 11.3 Å². The summed E-state index contributed by atoms with van der Waals surface area (Å²) >= 11 is 1.31. The summed E-state index contributed by atoms with van der Waals surface area (Å²) in [6.45, 7) is 1.76. The zero-order chi connectivity index (χ0) is 18.7. The van der Waals surface area contributed by atoms with Crippen LogP contribution < -0.4 is 0 Å². The Balaban J connectivity index is 1.71. The molecule has 1 atom stereocenters. The highest BCUT2D eigenvalue weighted by Crippen LogP contribution is 2.24. The van der Waals surface area contributed by atoms with Crippen molar-refractivity contribution in [2.45, 2.75) is 25.9 Å². The fourth-order valence-electron chi connectivity index (χ4n) is 2.96. The third kappa shape index (κ3) is 3.77. The molecule has 7 heteroatoms. The summed E-state index contributed by atoms with van der Waals surface area (Å²) in [4.78, 5) is 39.7. The second-order valence-electron chi connectivity index (χ2n) is 6.02. The number of thiophene rings is 1. The Hall–Kier alpha value is -2.67. The van der Waals surface area contributed by atoms with Crippen molar-refractivity contribution in [3.63, 3.8) is 0 Å². The molecule has 0 N–H and O–H groups in total. The van der Waals surface area contributed by atoms with Gasteiger partial charge in [-0.2, -0.15) is 0 Å². The minimum Gasteiger partial charge on any atom is -0.467 e. The van der Waals surface area contributed by atoms with Crippen LogP contribution in [0.25, 0.3) is 0 Å². The van der Waals surface area contributed by atoms with E-state index in [1.54, 1.807) is 6.07 Å². The topological polar surface area (TPSA) is 72.9 Å². The number of amides is 1. The molecule has 0 fully saturated rings. The molecule has 1 aliphatic heterocycles. The van der Waals surface area contributed by atoms with Gasteiger partial charge in [-0.05, 0) is 30.2 Å². The van der Waals surface area contributed by atoms with E-state index in [-0.39, 0.29) is 6.54 Å². The standard InChI is InChI=1S/C19H19NO5S/c1-12-7-8-16(26-12)19(23)25-11-17(21)20-10-14-6-4-3-5-13(14)9-15(20)18(22)24-2/h3-8,15H,9-11H2,1-2H3/t15-/m0/s1. The number of carbonyl (C=O) groups is 3. The summed E-state index contributed by atoms with van der Waals surface area (Å²) in [6.07, 6.45) is 0.382. The summed E-state index contributed by atoms with van der Waals surface area (Å²) in [7, 11) is 1.30. The van der Waals surface area contributed by atoms with Crippen molar-refractivity contribution in [3.05, 3.63) is 57.3 Å². The second kappa shape index (κ2) is 7.70. The number of methoxy groups -OCH3 is 1. The lowest BCUT2D eigenvalue weighted by molar-refractivity contribution is -0.155. The Labute approximate surface area is 155 Å². The second-order valence-corrected chi connectivity index (χ2v) is 7.31. The van der Waals surface area contributed by atoms with Gasteiger partial charge in [-0.25, -0.2) is 9.59 Å². The molecule has 1 aromatic heterocycles. The maximum Gasteiger partial charge on any atom is 0.348 e. The van der Waals surface area contributed by atoms with Crippen LogP contribution >= 0.6 is 11.3 Å². The molecule has 0 aliphatic carbocycles. The lowest BCUT2D eigenvalue weighted by Gasteiger charge is -2.35. The van der Waals surface area contributed by atoms with Gasteiger partial charge in [0.05, 0.1) is 7.11 Å². The van der Waals surface area contributed by atoms with Crippen molar-refractivity contribution in [3.8, 4) is 0 Å². The van der Waals surface area contributed by atoms with Crippen molar-refractivity contribution in [2.24, 2.45) is 0 Å². The van der Waals surface area contributed by atoms with Crippen LogP contribution in [0.3, 0.4) is 0 Å². The monoisotopic (exact) mass is 373 g/mol. The van der Waals surface area contributed by atoms with Crippen LogP contribution in [-0.2, 0) is 32.0 Å². The van der Waals surface area contributed by atoms with Gasteiger partial charge in [0.2, 0.25) is 0 Å². The molecule has 26 heavy (non-hydrogen) atoms. The van der Waals surface area contributed by atoms with E-state index in [2.05, 4.69) is 0 Å². The number of ether oxygens (including phenoxy) is 2. The molecule has 2 heterocycles. The van der Waals surface area contributed by atoms with Gasteiger partial charge in [0.1, 0.15) is 10.9 Å². The van der Waals surface area contributed by atoms with Crippen LogP contribution in [0.1, 0.15) is 25.7 Å². The van der Waals surface area contributed by atoms with Crippen LogP contribution in [0.2, 0.25) is 0 Å². The first-order chi connectivity index (χ1) is 12.5. The van der Waals surface area contributed by atoms with Crippen LogP contribution in [0.4, 0.5) is 0 Å². The number of rotatable bonds is 4. The third-order valence-electron chi connectivity index (χ3n) is 4.31. The zero-order valence-corrected chi connectivity index (χ0v) is 15.4. The van der Waals surface area contributed by atoms with Crippen molar-refractivity contribution in [2.75, 3.05) is 13.7 Å². The number of benzene rings is 1. The number of aryl methyl sites for hydroxylation is 1. The van der Waals surface area contributed by atoms with Crippen LogP contribution in [0.5, 0.6) is 0 Å². The molecular formula is C19H19NO5S. The Kier molecular flexibility index (Phi) is 5.37. The van der Waals surface area contributed by atoms with Gasteiger partial charge in [0, 0.05) is 17.8 Å². The molecule has 0 radical (unpaired) electrons. The molecule has 0 spiro atoms. The number of esters is 2. The fourth-order valence-corrected chi connectivity index (χ4v) is 3.72. The summed E-state index contributed by atoms with van der Waals surface area (Å²) in [5.74, 6) is -1.44. The predicted molar refractivity (Wildman–Crippen MR) is 95.8 cm³/mol. The van der Waals surface area contributed by atoms with Gasteiger partial charge in [-0.3, -0.25) is 4.79 Å². The van der Waals surface area contributed by atoms with E-state index < -0.39 is 30.5 Å². The van der Waals surface area contributed by atoms with Crippen molar-refractivity contribution in [1.29, 1.82) is 0 Å². The molecule has 0 saturated heterocycles. The molecule has 1 amide bonds. The van der Waals surface area contributed by atoms with Gasteiger partial charge >= 0.3 is 11.9 Å². The smallest absolute Gasteiger partial charge is 0.348 e. The predicted octanol–water partition coefficient (Wildman–Crippen LogP) is 2.34. The van der Waals surface area contributed by atoms with Crippen LogP contribution in [-0.4, -0.2) is 42.5 Å². The summed E-state index contributed by atoms with van der Waals surface area (Å²) < 4.78 is 9.98. The third-order valence-corrected chi connectivity index (χ3v) is 5.29. The summed E-state index contributed by atoms with van der Waals surface area (Å²) in [5, 5.41) is 0. The molecule has 0 bridgehead atoms. The van der Waals surface area contributed by atoms with Crippen LogP contribution in [0, 0.1) is 6.92 Å². The highest BCUT2D eigenvalue weighted by atomic mass is 32.1. The largest absolute Gasteiger partial charge is 0.467 e. The average molecular weight is 373 g/mol. The summed E-state index contributed by atoms with van der Waals surface area (Å²) in [5.41, 5.74) is 1.99. The molecular weight excluding hydrogens is 354 g/mol. The first kappa shape index (κ1) is 18.1. The van der Waals surface area contributed by atoms with E-state index in [1.807, 2.05) is 37.3 Å². The van der Waals surface area contributed by atoms with Crippen LogP contribution in [0.15, 0.2) is 36.4 Å².